The summed E-state index contributed by atoms with van der Waals surface area (Å²) in [6.07, 6.45) is 1.80. The quantitative estimate of drug-likeness (QED) is 0.306. The number of rotatable bonds is 8. The number of amides is 3. The summed E-state index contributed by atoms with van der Waals surface area (Å²) in [6, 6.07) is 16.4. The Morgan fingerprint density at radius 3 is 2.58 bits per heavy atom. The number of thioether (sulfide) groups is 1. The average molecular weight is 465 g/mol. The first kappa shape index (κ1) is 22.5. The minimum absolute atomic E-state index is 0.0197. The molecule has 33 heavy (non-hydrogen) atoms. The molecule has 0 saturated heterocycles. The van der Waals surface area contributed by atoms with E-state index in [0.29, 0.717) is 34.9 Å². The van der Waals surface area contributed by atoms with Gasteiger partial charge in [0.15, 0.2) is 5.16 Å². The predicted octanol–water partition coefficient (Wildman–Crippen LogP) is 2.81. The van der Waals surface area contributed by atoms with Crippen molar-refractivity contribution in [2.45, 2.75) is 31.5 Å². The van der Waals surface area contributed by atoms with Gasteiger partial charge in [0.1, 0.15) is 0 Å². The average Bonchev–Trinajstić information content (AvgIpc) is 3.25. The normalized spacial score (nSPS) is 11.1. The van der Waals surface area contributed by atoms with Crippen molar-refractivity contribution >= 4 is 40.4 Å². The second-order valence-corrected chi connectivity index (χ2v) is 8.40. The van der Waals surface area contributed by atoms with Crippen molar-refractivity contribution in [3.63, 3.8) is 0 Å². The van der Waals surface area contributed by atoms with E-state index in [1.165, 1.54) is 0 Å². The molecule has 10 heteroatoms. The molecule has 0 bridgehead atoms. The lowest BCUT2D eigenvalue weighted by Gasteiger charge is -2.11. The Bertz CT molecular complexity index is 1350. The summed E-state index contributed by atoms with van der Waals surface area (Å²) < 4.78 is 3.36. The highest BCUT2D eigenvalue weighted by Crippen LogP contribution is 2.22. The molecule has 4 rings (SSSR count). The van der Waals surface area contributed by atoms with Crippen LogP contribution >= 0.6 is 11.8 Å². The molecule has 0 unspecified atom stereocenters. The minimum Gasteiger partial charge on any atom is -0.338 e. The number of unbranched alkanes of at least 4 members (excludes halogenated alkanes) is 1. The summed E-state index contributed by atoms with van der Waals surface area (Å²) in [4.78, 5) is 37.3. The van der Waals surface area contributed by atoms with Gasteiger partial charge >= 0.3 is 6.03 Å². The van der Waals surface area contributed by atoms with Crippen LogP contribution in [0.15, 0.2) is 64.5 Å². The Balaban J connectivity index is 1.62. The van der Waals surface area contributed by atoms with Crippen LogP contribution < -0.4 is 16.2 Å². The highest BCUT2D eigenvalue weighted by atomic mass is 32.2. The first-order valence-corrected chi connectivity index (χ1v) is 11.7. The highest BCUT2D eigenvalue weighted by molar-refractivity contribution is 7.99. The van der Waals surface area contributed by atoms with Crippen molar-refractivity contribution in [1.82, 2.24) is 29.8 Å². The van der Waals surface area contributed by atoms with Crippen molar-refractivity contribution < 1.29 is 9.59 Å². The Kier molecular flexibility index (Phi) is 7.04. The SMILES string of the molecule is CCCCNC(=O)NC(=O)CSc1nnc2n(Cc3ccccc3)c(=O)c3ccccc3n12. The van der Waals surface area contributed by atoms with Crippen LogP contribution in [0.2, 0.25) is 0 Å². The second kappa shape index (κ2) is 10.3. The molecular weight excluding hydrogens is 440 g/mol. The molecule has 0 radical (unpaired) electrons. The van der Waals surface area contributed by atoms with Crippen LogP contribution in [0.4, 0.5) is 4.79 Å². The van der Waals surface area contributed by atoms with Crippen molar-refractivity contribution in [3.05, 3.63) is 70.5 Å². The number of carbonyl (C=O) groups is 2. The van der Waals surface area contributed by atoms with Gasteiger partial charge in [0.05, 0.1) is 23.2 Å². The molecule has 2 N–H and O–H groups in total. The molecule has 3 amide bonds. The van der Waals surface area contributed by atoms with E-state index in [-0.39, 0.29) is 11.3 Å². The number of para-hydroxylation sites is 1. The van der Waals surface area contributed by atoms with Crippen LogP contribution in [0.3, 0.4) is 0 Å². The van der Waals surface area contributed by atoms with E-state index in [0.717, 1.165) is 30.2 Å². The van der Waals surface area contributed by atoms with Crippen LogP contribution in [-0.4, -0.2) is 43.4 Å². The Morgan fingerprint density at radius 2 is 1.79 bits per heavy atom. The van der Waals surface area contributed by atoms with Gasteiger partial charge in [-0.2, -0.15) is 0 Å². The minimum atomic E-state index is -0.512. The van der Waals surface area contributed by atoms with Gasteiger partial charge in [-0.3, -0.25) is 23.9 Å². The summed E-state index contributed by atoms with van der Waals surface area (Å²) in [6.45, 7) is 2.88. The molecule has 0 aliphatic heterocycles. The number of nitrogens with zero attached hydrogens (tertiary/aromatic N) is 4. The monoisotopic (exact) mass is 464 g/mol. The van der Waals surface area contributed by atoms with E-state index in [9.17, 15) is 14.4 Å². The number of hydrogen-bond donors (Lipinski definition) is 2. The first-order chi connectivity index (χ1) is 16.1. The van der Waals surface area contributed by atoms with Crippen molar-refractivity contribution in [2.75, 3.05) is 12.3 Å². The molecule has 2 aromatic heterocycles. The molecule has 0 aliphatic carbocycles. The number of carbonyl (C=O) groups excluding carboxylic acids is 2. The van der Waals surface area contributed by atoms with Gasteiger partial charge in [0.2, 0.25) is 11.7 Å². The fourth-order valence-electron chi connectivity index (χ4n) is 3.45. The number of urea groups is 1. The third-order valence-electron chi connectivity index (χ3n) is 5.06. The molecule has 4 aromatic rings. The molecular formula is C23H24N6O3S. The van der Waals surface area contributed by atoms with Gasteiger partial charge in [0, 0.05) is 6.54 Å². The lowest BCUT2D eigenvalue weighted by Crippen LogP contribution is -2.40. The largest absolute Gasteiger partial charge is 0.338 e. The number of aromatic nitrogens is 4. The number of nitrogens with one attached hydrogen (secondary N) is 2. The standard InChI is InChI=1S/C23H24N6O3S/c1-2-3-13-24-21(32)25-19(30)15-33-23-27-26-22-28(14-16-9-5-4-6-10-16)20(31)17-11-7-8-12-18(17)29(22)23/h4-12H,2-3,13-15H2,1H3,(H2,24,25,30,32). The first-order valence-electron chi connectivity index (χ1n) is 10.7. The molecule has 0 spiro atoms. The maximum Gasteiger partial charge on any atom is 0.321 e. The zero-order chi connectivity index (χ0) is 23.2. The maximum atomic E-state index is 13.2. The van der Waals surface area contributed by atoms with Gasteiger partial charge < -0.3 is 5.32 Å². The van der Waals surface area contributed by atoms with Gasteiger partial charge in [-0.25, -0.2) is 4.79 Å². The van der Waals surface area contributed by atoms with E-state index in [4.69, 9.17) is 0 Å². The lowest BCUT2D eigenvalue weighted by atomic mass is 10.2. The van der Waals surface area contributed by atoms with Crippen molar-refractivity contribution in [3.8, 4) is 0 Å². The van der Waals surface area contributed by atoms with Crippen LogP contribution in [0.5, 0.6) is 0 Å². The summed E-state index contributed by atoms with van der Waals surface area (Å²) in [5.41, 5.74) is 1.46. The van der Waals surface area contributed by atoms with E-state index in [2.05, 4.69) is 20.8 Å². The lowest BCUT2D eigenvalue weighted by molar-refractivity contribution is -0.117. The maximum absolute atomic E-state index is 13.2. The number of fused-ring (bicyclic) bond motifs is 3. The van der Waals surface area contributed by atoms with Crippen molar-refractivity contribution in [2.24, 2.45) is 0 Å². The second-order valence-electron chi connectivity index (χ2n) is 7.46. The third-order valence-corrected chi connectivity index (χ3v) is 5.99. The summed E-state index contributed by atoms with van der Waals surface area (Å²) in [7, 11) is 0. The third kappa shape index (κ3) is 5.06. The predicted molar refractivity (Wildman–Crippen MR) is 127 cm³/mol. The molecule has 170 valence electrons. The molecule has 2 aromatic carbocycles. The molecule has 2 heterocycles. The summed E-state index contributed by atoms with van der Waals surface area (Å²) >= 11 is 1.15. The van der Waals surface area contributed by atoms with E-state index in [1.54, 1.807) is 15.0 Å². The Hall–Kier alpha value is -3.66. The van der Waals surface area contributed by atoms with Crippen LogP contribution in [0, 0.1) is 0 Å². The van der Waals surface area contributed by atoms with E-state index < -0.39 is 11.9 Å². The van der Waals surface area contributed by atoms with Crippen LogP contribution in [0.1, 0.15) is 25.3 Å². The molecule has 0 atom stereocenters. The van der Waals surface area contributed by atoms with Crippen LogP contribution in [0.25, 0.3) is 16.7 Å². The smallest absolute Gasteiger partial charge is 0.321 e. The zero-order valence-corrected chi connectivity index (χ0v) is 19.0. The van der Waals surface area contributed by atoms with Crippen LogP contribution in [-0.2, 0) is 11.3 Å². The number of benzene rings is 2. The topological polar surface area (TPSA) is 110 Å². The zero-order valence-electron chi connectivity index (χ0n) is 18.2. The molecule has 0 aliphatic rings. The van der Waals surface area contributed by atoms with Gasteiger partial charge in [-0.05, 0) is 24.1 Å². The fourth-order valence-corrected chi connectivity index (χ4v) is 4.19. The van der Waals surface area contributed by atoms with Gasteiger partial charge in [-0.15, -0.1) is 10.2 Å². The summed E-state index contributed by atoms with van der Waals surface area (Å²) in [5, 5.41) is 14.5. The van der Waals surface area contributed by atoms with E-state index in [1.807, 2.05) is 55.5 Å². The highest BCUT2D eigenvalue weighted by Gasteiger charge is 2.18. The molecule has 9 nitrogen and oxygen atoms in total. The fraction of sp³-hybridized carbons (Fsp3) is 0.261. The van der Waals surface area contributed by atoms with Gasteiger partial charge in [-0.1, -0.05) is 67.6 Å². The molecule has 0 fully saturated rings. The summed E-state index contributed by atoms with van der Waals surface area (Å²) in [5.74, 6) is -0.0656. The van der Waals surface area contributed by atoms with Gasteiger partial charge in [0.25, 0.3) is 5.56 Å². The van der Waals surface area contributed by atoms with Crippen molar-refractivity contribution in [1.29, 1.82) is 0 Å². The molecule has 0 saturated carbocycles. The Morgan fingerprint density at radius 1 is 1.03 bits per heavy atom. The Labute approximate surface area is 194 Å². The van der Waals surface area contributed by atoms with E-state index >= 15 is 0 Å². The number of imide groups is 1. The number of hydrogen-bond acceptors (Lipinski definition) is 6.